The molecule has 0 aliphatic carbocycles. The van der Waals surface area contributed by atoms with E-state index in [9.17, 15) is 27.6 Å². The summed E-state index contributed by atoms with van der Waals surface area (Å²) in [5.41, 5.74) is 2.24. The molecule has 1 unspecified atom stereocenters. The van der Waals surface area contributed by atoms with Crippen molar-refractivity contribution in [2.24, 2.45) is 0 Å². The molecule has 1 atom stereocenters. The van der Waals surface area contributed by atoms with Crippen molar-refractivity contribution >= 4 is 34.8 Å². The molecule has 1 fully saturated rings. The van der Waals surface area contributed by atoms with Crippen LogP contribution in [0.4, 0.5) is 18.9 Å². The topological polar surface area (TPSA) is 99.6 Å². The summed E-state index contributed by atoms with van der Waals surface area (Å²) in [5.74, 6) is -2.05. The van der Waals surface area contributed by atoms with Crippen molar-refractivity contribution in [2.45, 2.75) is 37.8 Å². The first kappa shape index (κ1) is 30.0. The Bertz CT molecular complexity index is 1630. The van der Waals surface area contributed by atoms with Crippen molar-refractivity contribution < 1.29 is 32.7 Å². The summed E-state index contributed by atoms with van der Waals surface area (Å²) in [6.07, 6.45) is -3.12. The number of halogens is 3. The number of benzene rings is 3. The molecular formula is C32H28F3N3O4S. The van der Waals surface area contributed by atoms with E-state index in [1.165, 1.54) is 23.5 Å². The number of likely N-dealkylation sites (tertiary alicyclic amines) is 1. The Morgan fingerprint density at radius 2 is 1.63 bits per heavy atom. The van der Waals surface area contributed by atoms with E-state index < -0.39 is 23.6 Å². The smallest absolute Gasteiger partial charge is 0.416 e. The van der Waals surface area contributed by atoms with Crippen molar-refractivity contribution in [3.8, 4) is 11.1 Å². The van der Waals surface area contributed by atoms with Crippen LogP contribution in [0.3, 0.4) is 0 Å². The number of carboxylic acids is 1. The molecule has 2 N–H and O–H groups in total. The number of carbonyl (C=O) groups is 3. The highest BCUT2D eigenvalue weighted by Crippen LogP contribution is 2.34. The van der Waals surface area contributed by atoms with Gasteiger partial charge < -0.3 is 15.3 Å². The Kier molecular flexibility index (Phi) is 8.63. The molecule has 0 bridgehead atoms. The molecule has 1 aliphatic rings. The number of aliphatic carboxylic acids is 1. The summed E-state index contributed by atoms with van der Waals surface area (Å²) in [6, 6.07) is 18.3. The highest BCUT2D eigenvalue weighted by Gasteiger charge is 2.31. The lowest BCUT2D eigenvalue weighted by Crippen LogP contribution is -2.38. The Balaban J connectivity index is 1.20. The fraction of sp³-hybridized carbons (Fsp3) is 0.250. The van der Waals surface area contributed by atoms with Gasteiger partial charge in [-0.2, -0.15) is 13.2 Å². The molecule has 3 aromatic carbocycles. The highest BCUT2D eigenvalue weighted by molar-refractivity contribution is 7.10. The molecule has 222 valence electrons. The molecule has 5 rings (SSSR count). The van der Waals surface area contributed by atoms with Crippen molar-refractivity contribution in [3.63, 3.8) is 0 Å². The van der Waals surface area contributed by atoms with Crippen molar-refractivity contribution in [1.29, 1.82) is 0 Å². The number of amides is 2. The minimum absolute atomic E-state index is 0.0811. The van der Waals surface area contributed by atoms with Gasteiger partial charge in [0.05, 0.1) is 16.5 Å². The van der Waals surface area contributed by atoms with Crippen LogP contribution in [-0.2, 0) is 11.0 Å². The predicted octanol–water partition coefficient (Wildman–Crippen LogP) is 7.29. The number of hydrogen-bond acceptors (Lipinski definition) is 5. The van der Waals surface area contributed by atoms with Crippen LogP contribution in [0.5, 0.6) is 0 Å². The molecule has 7 nitrogen and oxygen atoms in total. The largest absolute Gasteiger partial charge is 0.481 e. The SMILES string of the molecule is CC(C(=O)O)c1ccc(NC(=O)c2csc(C3CCN(C(=O)c4ccccc4-c4ccc(C(F)(F)F)cc4)CC3)n2)cc1. The minimum atomic E-state index is -4.43. The van der Waals surface area contributed by atoms with Gasteiger partial charge in [-0.3, -0.25) is 14.4 Å². The molecular weight excluding hydrogens is 579 g/mol. The third kappa shape index (κ3) is 6.77. The molecule has 0 saturated carbocycles. The van der Waals surface area contributed by atoms with E-state index in [2.05, 4.69) is 10.3 Å². The lowest BCUT2D eigenvalue weighted by Gasteiger charge is -2.31. The van der Waals surface area contributed by atoms with Gasteiger partial charge in [-0.15, -0.1) is 11.3 Å². The highest BCUT2D eigenvalue weighted by atomic mass is 32.1. The first-order valence-corrected chi connectivity index (χ1v) is 14.5. The maximum absolute atomic E-state index is 13.5. The Morgan fingerprint density at radius 3 is 2.26 bits per heavy atom. The van der Waals surface area contributed by atoms with Gasteiger partial charge in [0, 0.05) is 35.6 Å². The van der Waals surface area contributed by atoms with Gasteiger partial charge >= 0.3 is 12.1 Å². The van der Waals surface area contributed by atoms with E-state index in [0.717, 1.165) is 17.1 Å². The van der Waals surface area contributed by atoms with Crippen LogP contribution in [-0.4, -0.2) is 45.9 Å². The van der Waals surface area contributed by atoms with Crippen LogP contribution >= 0.6 is 11.3 Å². The summed E-state index contributed by atoms with van der Waals surface area (Å²) < 4.78 is 39.0. The van der Waals surface area contributed by atoms with Gasteiger partial charge in [0.25, 0.3) is 11.8 Å². The third-order valence-corrected chi connectivity index (χ3v) is 8.61. The average Bonchev–Trinajstić information content (AvgIpc) is 3.51. The van der Waals surface area contributed by atoms with Crippen LogP contribution in [0.25, 0.3) is 11.1 Å². The maximum atomic E-state index is 13.5. The number of nitrogens with one attached hydrogen (secondary N) is 1. The number of piperidine rings is 1. The van der Waals surface area contributed by atoms with Crippen LogP contribution in [0, 0.1) is 0 Å². The normalized spacial score (nSPS) is 14.7. The number of anilines is 1. The molecule has 2 amide bonds. The van der Waals surface area contributed by atoms with Gasteiger partial charge in [0.1, 0.15) is 5.69 Å². The lowest BCUT2D eigenvalue weighted by molar-refractivity contribution is -0.138. The first-order valence-electron chi connectivity index (χ1n) is 13.7. The van der Waals surface area contributed by atoms with E-state index in [1.54, 1.807) is 65.7 Å². The molecule has 43 heavy (non-hydrogen) atoms. The molecule has 4 aromatic rings. The van der Waals surface area contributed by atoms with Crippen LogP contribution in [0.1, 0.15) is 68.6 Å². The number of thiazole rings is 1. The average molecular weight is 608 g/mol. The molecule has 1 aliphatic heterocycles. The van der Waals surface area contributed by atoms with Gasteiger partial charge in [0.2, 0.25) is 0 Å². The van der Waals surface area contributed by atoms with Crippen molar-refractivity contribution in [2.75, 3.05) is 18.4 Å². The third-order valence-electron chi connectivity index (χ3n) is 7.61. The van der Waals surface area contributed by atoms with Gasteiger partial charge in [0.15, 0.2) is 0 Å². The van der Waals surface area contributed by atoms with Gasteiger partial charge in [-0.1, -0.05) is 42.5 Å². The zero-order valence-corrected chi connectivity index (χ0v) is 23.9. The molecule has 2 heterocycles. The molecule has 1 saturated heterocycles. The summed E-state index contributed by atoms with van der Waals surface area (Å²) in [5, 5.41) is 14.5. The Morgan fingerprint density at radius 1 is 0.977 bits per heavy atom. The van der Waals surface area contributed by atoms with Crippen molar-refractivity contribution in [1.82, 2.24) is 9.88 Å². The molecule has 11 heteroatoms. The quantitative estimate of drug-likeness (QED) is 0.230. The summed E-state index contributed by atoms with van der Waals surface area (Å²) in [6.45, 7) is 2.55. The molecule has 0 spiro atoms. The zero-order valence-electron chi connectivity index (χ0n) is 23.1. The van der Waals surface area contributed by atoms with Crippen molar-refractivity contribution in [3.05, 3.63) is 106 Å². The van der Waals surface area contributed by atoms with E-state index in [1.807, 2.05) is 0 Å². The lowest BCUT2D eigenvalue weighted by atomic mass is 9.94. The molecule has 0 radical (unpaired) electrons. The number of aromatic nitrogens is 1. The van der Waals surface area contributed by atoms with Crippen LogP contribution in [0.15, 0.2) is 78.2 Å². The summed E-state index contributed by atoms with van der Waals surface area (Å²) in [4.78, 5) is 43.7. The first-order chi connectivity index (χ1) is 20.5. The Hall–Kier alpha value is -4.51. The predicted molar refractivity (Wildman–Crippen MR) is 157 cm³/mol. The summed E-state index contributed by atoms with van der Waals surface area (Å²) >= 11 is 1.39. The number of hydrogen-bond donors (Lipinski definition) is 2. The Labute approximate surface area is 250 Å². The van der Waals surface area contributed by atoms with Crippen LogP contribution < -0.4 is 5.32 Å². The second kappa shape index (κ2) is 12.4. The fourth-order valence-electron chi connectivity index (χ4n) is 5.03. The summed E-state index contributed by atoms with van der Waals surface area (Å²) in [7, 11) is 0. The second-order valence-electron chi connectivity index (χ2n) is 10.4. The second-order valence-corrected chi connectivity index (χ2v) is 11.3. The standard InChI is InChI=1S/C32H28F3N3O4S/c1-19(31(41)42)20-8-12-24(13-9-20)36-28(39)27-18-43-29(37-27)22-14-16-38(17-15-22)30(40)26-5-3-2-4-25(26)21-6-10-23(11-7-21)32(33,34)35/h2-13,18-19,22H,14-17H2,1H3,(H,36,39)(H,41,42). The molecule has 1 aromatic heterocycles. The van der Waals surface area contributed by atoms with E-state index in [-0.39, 0.29) is 23.4 Å². The maximum Gasteiger partial charge on any atom is 0.416 e. The van der Waals surface area contributed by atoms with E-state index in [0.29, 0.717) is 53.9 Å². The monoisotopic (exact) mass is 607 g/mol. The fourth-order valence-corrected chi connectivity index (χ4v) is 6.00. The number of nitrogens with zero attached hydrogens (tertiary/aromatic N) is 2. The minimum Gasteiger partial charge on any atom is -0.481 e. The number of alkyl halides is 3. The van der Waals surface area contributed by atoms with E-state index >= 15 is 0 Å². The van der Waals surface area contributed by atoms with Crippen LogP contribution in [0.2, 0.25) is 0 Å². The van der Waals surface area contributed by atoms with Gasteiger partial charge in [-0.25, -0.2) is 4.98 Å². The van der Waals surface area contributed by atoms with Gasteiger partial charge in [-0.05, 0) is 66.8 Å². The zero-order chi connectivity index (χ0) is 30.7. The number of carboxylic acid groups (broad SMARTS) is 1. The number of carbonyl (C=O) groups excluding carboxylic acids is 2. The number of rotatable bonds is 7. The van der Waals surface area contributed by atoms with E-state index in [4.69, 9.17) is 5.11 Å².